The second-order valence-electron chi connectivity index (χ2n) is 12.6. The number of allylic oxidation sites excluding steroid dienone is 4. The van der Waals surface area contributed by atoms with Gasteiger partial charge in [0.05, 0.1) is 23.0 Å². The van der Waals surface area contributed by atoms with Gasteiger partial charge in [0.2, 0.25) is 5.78 Å². The molecule has 1 unspecified atom stereocenters. The van der Waals surface area contributed by atoms with Crippen molar-refractivity contribution in [3.8, 4) is 0 Å². The first kappa shape index (κ1) is 30.9. The topological polar surface area (TPSA) is 133 Å². The lowest BCUT2D eigenvalue weighted by Crippen LogP contribution is -2.69. The Bertz CT molecular complexity index is 1480. The number of carbonyl (C=O) groups excluding carboxylic acids is 3. The molecule has 228 valence electrons. The number of ketones is 2. The number of Topliss-reactive ketones (excluding diaryl/α,β-unsaturated/α-hetero) is 1. The van der Waals surface area contributed by atoms with Crippen LogP contribution in [0.4, 0.5) is 4.79 Å². The third-order valence-electron chi connectivity index (χ3n) is 10.7. The minimum atomic E-state index is -4.30. The quantitative estimate of drug-likeness (QED) is 0.273. The molecule has 0 amide bonds. The molecule has 42 heavy (non-hydrogen) atoms. The largest absolute Gasteiger partial charge is 0.509 e. The Morgan fingerprint density at radius 2 is 1.81 bits per heavy atom. The molecule has 8 atom stereocenters. The van der Waals surface area contributed by atoms with Crippen LogP contribution < -0.4 is 0 Å². The van der Waals surface area contributed by atoms with Gasteiger partial charge in [-0.3, -0.25) is 13.8 Å². The molecule has 11 heteroatoms. The van der Waals surface area contributed by atoms with Crippen molar-refractivity contribution in [2.45, 2.75) is 74.9 Å². The summed E-state index contributed by atoms with van der Waals surface area (Å²) in [6, 6.07) is 6.02. The molecule has 3 saturated carbocycles. The summed E-state index contributed by atoms with van der Waals surface area (Å²) in [5, 5.41) is 11.9. The highest BCUT2D eigenvalue weighted by atomic mass is 35.5. The van der Waals surface area contributed by atoms with Gasteiger partial charge in [-0.2, -0.15) is 8.42 Å². The predicted molar refractivity (Wildman–Crippen MR) is 153 cm³/mol. The molecular weight excluding hydrogens is 584 g/mol. The van der Waals surface area contributed by atoms with Crippen molar-refractivity contribution in [3.63, 3.8) is 0 Å². The molecule has 4 aliphatic carbocycles. The number of fused-ring (bicyclic) bond motifs is 5. The number of benzene rings is 1. The van der Waals surface area contributed by atoms with Gasteiger partial charge in [0, 0.05) is 16.7 Å². The van der Waals surface area contributed by atoms with Gasteiger partial charge in [0.15, 0.2) is 11.4 Å². The fourth-order valence-corrected chi connectivity index (χ4v) is 9.97. The zero-order chi connectivity index (χ0) is 30.9. The lowest BCUT2D eigenvalue weighted by Gasteiger charge is -2.64. The first-order valence-electron chi connectivity index (χ1n) is 14.1. The van der Waals surface area contributed by atoms with Crippen LogP contribution in [0.5, 0.6) is 0 Å². The Morgan fingerprint density at radius 1 is 1.14 bits per heavy atom. The molecule has 1 aromatic carbocycles. The van der Waals surface area contributed by atoms with E-state index in [1.54, 1.807) is 38.1 Å². The Balaban J connectivity index is 1.54. The van der Waals surface area contributed by atoms with Gasteiger partial charge in [0.1, 0.15) is 6.61 Å². The maximum absolute atomic E-state index is 14.2. The van der Waals surface area contributed by atoms with Crippen LogP contribution in [0.2, 0.25) is 0 Å². The number of aliphatic hydroxyl groups is 1. The number of halogens is 1. The summed E-state index contributed by atoms with van der Waals surface area (Å²) in [5.74, 6) is -2.04. The van der Waals surface area contributed by atoms with E-state index in [9.17, 15) is 27.9 Å². The highest BCUT2D eigenvalue weighted by molar-refractivity contribution is 7.86. The molecule has 5 rings (SSSR count). The summed E-state index contributed by atoms with van der Waals surface area (Å²) in [4.78, 5) is 37.8. The van der Waals surface area contributed by atoms with Crippen molar-refractivity contribution in [2.75, 3.05) is 13.7 Å². The number of aliphatic hydroxyl groups excluding tert-OH is 1. The molecule has 1 aromatic rings. The molecule has 0 saturated heterocycles. The average Bonchev–Trinajstić information content (AvgIpc) is 3.15. The Labute approximate surface area is 251 Å². The standard InChI is InChI=1S/C31H37ClO9S/c1-18-6-9-22(10-7-18)42(37,38)40-17-26(35)31(41-27(36)39-5)19(2)14-24-23-11-8-20-15-21(33)12-13-28(20,3)30(23,32)25(34)16-29(24,31)4/h6-7,9-10,12-13,15,19,23-25,34H,8,11,14,16-17H2,1-5H3/t19-,23+,24+,25?,28+,29+,30+,31+/m1/s1. The van der Waals surface area contributed by atoms with Gasteiger partial charge in [-0.05, 0) is 68.7 Å². The molecule has 3 fully saturated rings. The summed E-state index contributed by atoms with van der Waals surface area (Å²) in [7, 11) is -3.17. The average molecular weight is 621 g/mol. The number of rotatable bonds is 6. The number of carbonyl (C=O) groups is 3. The van der Waals surface area contributed by atoms with Crippen molar-refractivity contribution in [1.29, 1.82) is 0 Å². The van der Waals surface area contributed by atoms with Crippen LogP contribution in [0.3, 0.4) is 0 Å². The molecule has 0 aromatic heterocycles. The molecular formula is C31H37ClO9S. The van der Waals surface area contributed by atoms with Crippen molar-refractivity contribution in [1.82, 2.24) is 0 Å². The lowest BCUT2D eigenvalue weighted by atomic mass is 9.45. The molecule has 1 N–H and O–H groups in total. The second-order valence-corrected chi connectivity index (χ2v) is 14.9. The molecule has 0 heterocycles. The highest BCUT2D eigenvalue weighted by Crippen LogP contribution is 2.72. The van der Waals surface area contributed by atoms with Crippen LogP contribution in [0.15, 0.2) is 53.0 Å². The normalized spacial score (nSPS) is 39.0. The van der Waals surface area contributed by atoms with Gasteiger partial charge in [0.25, 0.3) is 10.1 Å². The number of hydrogen-bond donors (Lipinski definition) is 1. The van der Waals surface area contributed by atoms with Crippen LogP contribution in [0.25, 0.3) is 0 Å². The van der Waals surface area contributed by atoms with E-state index in [4.69, 9.17) is 25.3 Å². The summed E-state index contributed by atoms with van der Waals surface area (Å²) >= 11 is 7.50. The van der Waals surface area contributed by atoms with Gasteiger partial charge in [-0.1, -0.05) is 50.1 Å². The van der Waals surface area contributed by atoms with E-state index in [0.717, 1.165) is 18.2 Å². The molecule has 9 nitrogen and oxygen atoms in total. The number of hydrogen-bond acceptors (Lipinski definition) is 9. The summed E-state index contributed by atoms with van der Waals surface area (Å²) in [6.45, 7) is 6.44. The van der Waals surface area contributed by atoms with Gasteiger partial charge in [-0.25, -0.2) is 4.79 Å². The van der Waals surface area contributed by atoms with Crippen molar-refractivity contribution >= 4 is 39.4 Å². The SMILES string of the molecule is COC(=O)O[C@]1(C(=O)COS(=O)(=O)c2ccc(C)cc2)[C@H](C)C[C@H]2[C@@H]3CCC4=CC(=O)C=C[C@]4(C)[C@@]3(Cl)C(O)C[C@@]21C. The van der Waals surface area contributed by atoms with Gasteiger partial charge in [-0.15, -0.1) is 11.6 Å². The van der Waals surface area contributed by atoms with E-state index in [1.807, 2.05) is 13.8 Å². The number of ether oxygens (including phenoxy) is 2. The van der Waals surface area contributed by atoms with Crippen LogP contribution in [-0.4, -0.2) is 61.5 Å². The first-order chi connectivity index (χ1) is 19.6. The maximum Gasteiger partial charge on any atom is 0.509 e. The zero-order valence-electron chi connectivity index (χ0n) is 24.4. The molecule has 0 radical (unpaired) electrons. The Kier molecular flexibility index (Phi) is 7.57. The van der Waals surface area contributed by atoms with E-state index in [1.165, 1.54) is 18.2 Å². The molecule has 4 aliphatic rings. The van der Waals surface area contributed by atoms with E-state index >= 15 is 0 Å². The smallest absolute Gasteiger partial charge is 0.438 e. The van der Waals surface area contributed by atoms with E-state index in [-0.39, 0.29) is 28.9 Å². The predicted octanol–water partition coefficient (Wildman–Crippen LogP) is 4.68. The van der Waals surface area contributed by atoms with Crippen LogP contribution >= 0.6 is 11.6 Å². The maximum atomic E-state index is 14.2. The number of methoxy groups -OCH3 is 1. The summed E-state index contributed by atoms with van der Waals surface area (Å²) < 4.78 is 41.9. The molecule has 0 spiro atoms. The number of alkyl halides is 1. The number of aryl methyl sites for hydroxylation is 1. The third kappa shape index (κ3) is 4.24. The summed E-state index contributed by atoms with van der Waals surface area (Å²) in [5.41, 5.74) is -2.09. The molecule has 0 bridgehead atoms. The van der Waals surface area contributed by atoms with Crippen LogP contribution in [-0.2, 0) is 33.4 Å². The highest BCUT2D eigenvalue weighted by Gasteiger charge is 2.76. The minimum Gasteiger partial charge on any atom is -0.438 e. The van der Waals surface area contributed by atoms with Crippen LogP contribution in [0.1, 0.15) is 52.0 Å². The Hall–Kier alpha value is -2.53. The monoisotopic (exact) mass is 620 g/mol. The van der Waals surface area contributed by atoms with E-state index in [2.05, 4.69) is 0 Å². The van der Waals surface area contributed by atoms with Crippen LogP contribution in [0, 0.1) is 35.5 Å². The third-order valence-corrected chi connectivity index (χ3v) is 12.9. The summed E-state index contributed by atoms with van der Waals surface area (Å²) in [6.07, 6.45) is 4.14. The van der Waals surface area contributed by atoms with Crippen molar-refractivity contribution in [3.05, 3.63) is 53.6 Å². The second kappa shape index (κ2) is 10.3. The minimum absolute atomic E-state index is 0.0138. The lowest BCUT2D eigenvalue weighted by molar-refractivity contribution is -0.184. The first-order valence-corrected chi connectivity index (χ1v) is 15.9. The van der Waals surface area contributed by atoms with Gasteiger partial charge >= 0.3 is 6.16 Å². The fourth-order valence-electron chi connectivity index (χ4n) is 8.58. The van der Waals surface area contributed by atoms with E-state index in [0.29, 0.717) is 19.3 Å². The zero-order valence-corrected chi connectivity index (χ0v) is 26.0. The van der Waals surface area contributed by atoms with Crippen molar-refractivity contribution in [2.24, 2.45) is 28.6 Å². The van der Waals surface area contributed by atoms with Crippen molar-refractivity contribution < 1.29 is 41.6 Å². The van der Waals surface area contributed by atoms with Gasteiger partial charge < -0.3 is 14.6 Å². The van der Waals surface area contributed by atoms with E-state index < -0.39 is 62.0 Å². The Morgan fingerprint density at radius 3 is 2.45 bits per heavy atom. The molecule has 0 aliphatic heterocycles. The fraction of sp³-hybridized carbons (Fsp3) is 0.581.